The van der Waals surface area contributed by atoms with E-state index in [0.29, 0.717) is 6.54 Å². The van der Waals surface area contributed by atoms with Crippen molar-refractivity contribution in [3.8, 4) is 0 Å². The van der Waals surface area contributed by atoms with Gasteiger partial charge in [-0.05, 0) is 26.8 Å². The summed E-state index contributed by atoms with van der Waals surface area (Å²) >= 11 is 0. The predicted molar refractivity (Wildman–Crippen MR) is 50.9 cm³/mol. The number of nitrogens with one attached hydrogen (secondary N) is 1. The van der Waals surface area contributed by atoms with Gasteiger partial charge in [-0.1, -0.05) is 0 Å². The number of hydrogen-bond acceptors (Lipinski definition) is 3. The van der Waals surface area contributed by atoms with E-state index in [2.05, 4.69) is 10.6 Å². The van der Waals surface area contributed by atoms with Crippen LogP contribution in [0.3, 0.4) is 0 Å². The minimum absolute atomic E-state index is 0.158. The summed E-state index contributed by atoms with van der Waals surface area (Å²) in [4.78, 5) is 5.34. The van der Waals surface area contributed by atoms with E-state index >= 15 is 0 Å². The second-order valence-corrected chi connectivity index (χ2v) is 4.02. The molecule has 1 rings (SSSR count). The van der Waals surface area contributed by atoms with Gasteiger partial charge >= 0.3 is 0 Å². The molecule has 0 saturated heterocycles. The largest absolute Gasteiger partial charge is 0.296 e. The van der Waals surface area contributed by atoms with Crippen molar-refractivity contribution < 1.29 is 4.84 Å². The molecule has 4 heteroatoms. The molecule has 0 aromatic carbocycles. The fraction of sp³-hybridized carbons (Fsp3) is 0.667. The first-order valence-corrected chi connectivity index (χ1v) is 4.37. The molecule has 0 saturated carbocycles. The smallest absolute Gasteiger partial charge is 0.0813 e. The van der Waals surface area contributed by atoms with Crippen LogP contribution >= 0.6 is 0 Å². The van der Waals surface area contributed by atoms with Crippen LogP contribution in [-0.2, 0) is 18.4 Å². The minimum Gasteiger partial charge on any atom is -0.296 e. The Labute approximate surface area is 78.8 Å². The van der Waals surface area contributed by atoms with Gasteiger partial charge in [0, 0.05) is 13.2 Å². The maximum absolute atomic E-state index is 5.34. The van der Waals surface area contributed by atoms with Gasteiger partial charge < -0.3 is 0 Å². The Balaban J connectivity index is 2.28. The Morgan fingerprint density at radius 3 is 2.69 bits per heavy atom. The second-order valence-electron chi connectivity index (χ2n) is 4.02. The summed E-state index contributed by atoms with van der Waals surface area (Å²) in [5.74, 6) is 0. The summed E-state index contributed by atoms with van der Waals surface area (Å²) in [5.41, 5.74) is 3.70. The summed E-state index contributed by atoms with van der Waals surface area (Å²) in [6, 6.07) is 1.96. The molecule has 0 radical (unpaired) electrons. The quantitative estimate of drug-likeness (QED) is 0.717. The molecule has 4 nitrogen and oxygen atoms in total. The van der Waals surface area contributed by atoms with E-state index in [1.54, 1.807) is 4.68 Å². The molecule has 1 aromatic heterocycles. The summed E-state index contributed by atoms with van der Waals surface area (Å²) in [5, 5.41) is 4.20. The van der Waals surface area contributed by atoms with Crippen molar-refractivity contribution in [3.05, 3.63) is 18.0 Å². The van der Waals surface area contributed by atoms with Crippen LogP contribution in [0.5, 0.6) is 0 Å². The van der Waals surface area contributed by atoms with Gasteiger partial charge in [0.1, 0.15) is 0 Å². The molecule has 0 amide bonds. The molecule has 0 fully saturated rings. The van der Waals surface area contributed by atoms with Crippen molar-refractivity contribution in [2.24, 2.45) is 7.05 Å². The average molecular weight is 183 g/mol. The number of rotatable bonds is 3. The lowest BCUT2D eigenvalue weighted by Crippen LogP contribution is -2.28. The highest BCUT2D eigenvalue weighted by Crippen LogP contribution is 2.04. The first-order chi connectivity index (χ1) is 5.97. The molecular formula is C9H17N3O. The van der Waals surface area contributed by atoms with Crippen LogP contribution in [-0.4, -0.2) is 15.4 Å². The Hall–Kier alpha value is -0.870. The molecule has 1 aromatic rings. The third kappa shape index (κ3) is 4.05. The highest BCUT2D eigenvalue weighted by atomic mass is 16.7. The van der Waals surface area contributed by atoms with Gasteiger partial charge in [-0.3, -0.25) is 9.52 Å². The number of aromatic nitrogens is 2. The molecule has 0 aliphatic rings. The minimum atomic E-state index is -0.158. The van der Waals surface area contributed by atoms with Crippen molar-refractivity contribution in [2.75, 3.05) is 0 Å². The molecule has 0 spiro atoms. The Morgan fingerprint density at radius 2 is 2.23 bits per heavy atom. The van der Waals surface area contributed by atoms with Gasteiger partial charge in [0.15, 0.2) is 0 Å². The first kappa shape index (κ1) is 10.2. The highest BCUT2D eigenvalue weighted by Gasteiger charge is 2.09. The van der Waals surface area contributed by atoms with Crippen molar-refractivity contribution in [1.29, 1.82) is 0 Å². The van der Waals surface area contributed by atoms with Gasteiger partial charge in [0.25, 0.3) is 0 Å². The molecule has 74 valence electrons. The zero-order chi connectivity index (χ0) is 9.90. The lowest BCUT2D eigenvalue weighted by Gasteiger charge is -2.18. The van der Waals surface area contributed by atoms with E-state index in [-0.39, 0.29) is 5.60 Å². The molecule has 13 heavy (non-hydrogen) atoms. The van der Waals surface area contributed by atoms with Gasteiger partial charge in [-0.25, -0.2) is 0 Å². The zero-order valence-electron chi connectivity index (χ0n) is 8.66. The molecule has 0 aliphatic heterocycles. The molecule has 0 atom stereocenters. The van der Waals surface area contributed by atoms with Crippen LogP contribution in [0, 0.1) is 0 Å². The van der Waals surface area contributed by atoms with E-state index in [1.165, 1.54) is 0 Å². The van der Waals surface area contributed by atoms with E-state index in [9.17, 15) is 0 Å². The van der Waals surface area contributed by atoms with Crippen LogP contribution in [0.25, 0.3) is 0 Å². The maximum Gasteiger partial charge on any atom is 0.0813 e. The molecule has 0 bridgehead atoms. The van der Waals surface area contributed by atoms with E-state index in [0.717, 1.165) is 5.69 Å². The van der Waals surface area contributed by atoms with Crippen LogP contribution in [0.15, 0.2) is 12.3 Å². The third-order valence-electron chi connectivity index (χ3n) is 1.40. The number of hydroxylamine groups is 1. The van der Waals surface area contributed by atoms with Crippen molar-refractivity contribution in [1.82, 2.24) is 15.3 Å². The van der Waals surface area contributed by atoms with Crippen molar-refractivity contribution >= 4 is 0 Å². The molecule has 1 heterocycles. The van der Waals surface area contributed by atoms with Gasteiger partial charge in [0.2, 0.25) is 0 Å². The topological polar surface area (TPSA) is 39.1 Å². The summed E-state index contributed by atoms with van der Waals surface area (Å²) in [6.45, 7) is 6.63. The maximum atomic E-state index is 5.34. The lowest BCUT2D eigenvalue weighted by molar-refractivity contribution is -0.0761. The van der Waals surface area contributed by atoms with E-state index in [1.807, 2.05) is 40.1 Å². The molecule has 0 aliphatic carbocycles. The standard InChI is InChI=1S/C9H17N3O/c1-9(2,3)13-10-7-8-5-6-12(4)11-8/h5-6,10H,7H2,1-4H3. The fourth-order valence-electron chi connectivity index (χ4n) is 0.884. The van der Waals surface area contributed by atoms with E-state index in [4.69, 9.17) is 4.84 Å². The first-order valence-electron chi connectivity index (χ1n) is 4.37. The van der Waals surface area contributed by atoms with Gasteiger partial charge in [0.05, 0.1) is 17.8 Å². The lowest BCUT2D eigenvalue weighted by atomic mass is 10.2. The summed E-state index contributed by atoms with van der Waals surface area (Å²) < 4.78 is 1.77. The van der Waals surface area contributed by atoms with Crippen LogP contribution in [0.1, 0.15) is 26.5 Å². The molecule has 1 N–H and O–H groups in total. The second kappa shape index (κ2) is 3.89. The number of aryl methyl sites for hydroxylation is 1. The summed E-state index contributed by atoms with van der Waals surface area (Å²) in [7, 11) is 1.90. The molecule has 0 unspecified atom stereocenters. The summed E-state index contributed by atoms with van der Waals surface area (Å²) in [6.07, 6.45) is 1.91. The zero-order valence-corrected chi connectivity index (χ0v) is 8.66. The Bertz CT molecular complexity index is 262. The van der Waals surface area contributed by atoms with Gasteiger partial charge in [-0.2, -0.15) is 10.6 Å². The monoisotopic (exact) mass is 183 g/mol. The van der Waals surface area contributed by atoms with Crippen LogP contribution in [0.2, 0.25) is 0 Å². The SMILES string of the molecule is Cn1ccc(CNOC(C)(C)C)n1. The predicted octanol–water partition coefficient (Wildman–Crippen LogP) is 1.24. The fourth-order valence-corrected chi connectivity index (χ4v) is 0.884. The average Bonchev–Trinajstić information content (AvgIpc) is 2.33. The highest BCUT2D eigenvalue weighted by molar-refractivity contribution is 4.97. The number of nitrogens with zero attached hydrogens (tertiary/aromatic N) is 2. The third-order valence-corrected chi connectivity index (χ3v) is 1.40. The number of hydrogen-bond donors (Lipinski definition) is 1. The Morgan fingerprint density at radius 1 is 1.54 bits per heavy atom. The van der Waals surface area contributed by atoms with Crippen molar-refractivity contribution in [2.45, 2.75) is 32.9 Å². The van der Waals surface area contributed by atoms with E-state index < -0.39 is 0 Å². The van der Waals surface area contributed by atoms with Crippen molar-refractivity contribution in [3.63, 3.8) is 0 Å². The van der Waals surface area contributed by atoms with Crippen LogP contribution in [0.4, 0.5) is 0 Å². The molecular weight excluding hydrogens is 166 g/mol. The van der Waals surface area contributed by atoms with Crippen LogP contribution < -0.4 is 5.48 Å². The Kier molecular flexibility index (Phi) is 3.06. The van der Waals surface area contributed by atoms with Gasteiger partial charge in [-0.15, -0.1) is 0 Å². The normalized spacial score (nSPS) is 12.0.